The molecule has 1 unspecified atom stereocenters. The van der Waals surface area contributed by atoms with Crippen molar-refractivity contribution in [2.75, 3.05) is 0 Å². The van der Waals surface area contributed by atoms with Gasteiger partial charge in [0.05, 0.1) is 0 Å². The summed E-state index contributed by atoms with van der Waals surface area (Å²) in [6, 6.07) is 8.74. The first-order valence-corrected chi connectivity index (χ1v) is 7.97. The minimum absolute atomic E-state index is 0.285. The van der Waals surface area contributed by atoms with Gasteiger partial charge in [-0.05, 0) is 30.4 Å². The molecule has 1 atom stereocenters. The van der Waals surface area contributed by atoms with Crippen molar-refractivity contribution in [3.8, 4) is 0 Å². The van der Waals surface area contributed by atoms with Gasteiger partial charge in [-0.2, -0.15) is 0 Å². The molecule has 2 rings (SSSR count). The Morgan fingerprint density at radius 2 is 1.80 bits per heavy atom. The number of nitrogens with two attached hydrogens (primary N) is 1. The summed E-state index contributed by atoms with van der Waals surface area (Å²) < 4.78 is 0. The minimum atomic E-state index is 0.285. The molecule has 110 valence electrons. The Labute approximate surface area is 122 Å². The number of rotatable bonds is 8. The first-order valence-electron chi connectivity index (χ1n) is 7.97. The van der Waals surface area contributed by atoms with Crippen molar-refractivity contribution in [2.45, 2.75) is 58.4 Å². The van der Waals surface area contributed by atoms with E-state index in [0.29, 0.717) is 0 Å². The highest BCUT2D eigenvalue weighted by atomic mass is 14.7. The van der Waals surface area contributed by atoms with E-state index in [1.54, 1.807) is 0 Å². The molecule has 0 spiro atoms. The predicted octanol–water partition coefficient (Wildman–Crippen LogP) is 4.64. The molecule has 1 heterocycles. The molecular formula is C18H28N2. The zero-order valence-electron chi connectivity index (χ0n) is 12.9. The van der Waals surface area contributed by atoms with Crippen LogP contribution in [0, 0.1) is 5.92 Å². The van der Waals surface area contributed by atoms with Crippen LogP contribution in [-0.4, -0.2) is 11.0 Å². The summed E-state index contributed by atoms with van der Waals surface area (Å²) in [6.07, 6.45) is 9.50. The van der Waals surface area contributed by atoms with E-state index in [4.69, 9.17) is 5.73 Å². The van der Waals surface area contributed by atoms with Crippen LogP contribution in [0.15, 0.2) is 30.5 Å². The fourth-order valence-electron chi connectivity index (χ4n) is 2.82. The van der Waals surface area contributed by atoms with Crippen LogP contribution in [0.2, 0.25) is 0 Å². The number of para-hydroxylation sites is 1. The predicted molar refractivity (Wildman–Crippen MR) is 87.9 cm³/mol. The third kappa shape index (κ3) is 4.38. The number of fused-ring (bicyclic) bond motifs is 1. The van der Waals surface area contributed by atoms with E-state index < -0.39 is 0 Å². The molecule has 0 fully saturated rings. The highest BCUT2D eigenvalue weighted by Gasteiger charge is 2.08. The van der Waals surface area contributed by atoms with Gasteiger partial charge in [0.25, 0.3) is 0 Å². The van der Waals surface area contributed by atoms with Gasteiger partial charge < -0.3 is 10.7 Å². The van der Waals surface area contributed by atoms with E-state index in [0.717, 1.165) is 18.8 Å². The summed E-state index contributed by atoms with van der Waals surface area (Å²) in [7, 11) is 0. The zero-order valence-corrected chi connectivity index (χ0v) is 12.9. The molecule has 2 heteroatoms. The number of benzene rings is 1. The summed E-state index contributed by atoms with van der Waals surface area (Å²) in [5.41, 5.74) is 8.86. The largest absolute Gasteiger partial charge is 0.361 e. The second-order valence-corrected chi connectivity index (χ2v) is 6.36. The molecule has 0 amide bonds. The Bertz CT molecular complexity index is 513. The maximum Gasteiger partial charge on any atom is 0.0456 e. The molecule has 0 aliphatic rings. The first-order chi connectivity index (χ1) is 9.66. The molecule has 0 aliphatic heterocycles. The zero-order chi connectivity index (χ0) is 14.4. The minimum Gasteiger partial charge on any atom is -0.361 e. The van der Waals surface area contributed by atoms with E-state index >= 15 is 0 Å². The van der Waals surface area contributed by atoms with Crippen LogP contribution in [0.1, 0.15) is 51.5 Å². The van der Waals surface area contributed by atoms with Crippen molar-refractivity contribution in [1.82, 2.24) is 4.98 Å². The Kier molecular flexibility index (Phi) is 5.66. The molecule has 20 heavy (non-hydrogen) atoms. The number of H-pyrrole nitrogens is 1. The normalized spacial score (nSPS) is 13.2. The third-order valence-electron chi connectivity index (χ3n) is 4.01. The number of unbranched alkanes of at least 4 members (excludes halogenated alkanes) is 2. The molecule has 3 N–H and O–H groups in total. The standard InChI is InChI=1S/C18H28N2/c1-14(2)8-4-3-5-9-16(19)12-15-13-20-18-11-7-6-10-17(15)18/h6-7,10-11,13-14,16,20H,3-5,8-9,12,19H2,1-2H3. The number of hydrogen-bond donors (Lipinski definition) is 2. The van der Waals surface area contributed by atoms with Gasteiger partial charge in [0.15, 0.2) is 0 Å². The Morgan fingerprint density at radius 1 is 1.05 bits per heavy atom. The summed E-state index contributed by atoms with van der Waals surface area (Å²) in [5, 5.41) is 1.32. The van der Waals surface area contributed by atoms with E-state index in [9.17, 15) is 0 Å². The lowest BCUT2D eigenvalue weighted by Gasteiger charge is -2.11. The lowest BCUT2D eigenvalue weighted by molar-refractivity contribution is 0.497. The van der Waals surface area contributed by atoms with Gasteiger partial charge in [-0.25, -0.2) is 0 Å². The smallest absolute Gasteiger partial charge is 0.0456 e. The molecule has 2 aromatic rings. The van der Waals surface area contributed by atoms with Gasteiger partial charge in [-0.15, -0.1) is 0 Å². The van der Waals surface area contributed by atoms with Crippen LogP contribution < -0.4 is 5.73 Å². The van der Waals surface area contributed by atoms with Gasteiger partial charge in [0.2, 0.25) is 0 Å². The Hall–Kier alpha value is -1.28. The summed E-state index contributed by atoms with van der Waals surface area (Å²) >= 11 is 0. The molecular weight excluding hydrogens is 244 g/mol. The number of aromatic nitrogens is 1. The molecule has 2 nitrogen and oxygen atoms in total. The van der Waals surface area contributed by atoms with Crippen molar-refractivity contribution in [3.63, 3.8) is 0 Å². The number of nitrogens with one attached hydrogen (secondary N) is 1. The van der Waals surface area contributed by atoms with Gasteiger partial charge in [-0.1, -0.05) is 57.7 Å². The number of hydrogen-bond acceptors (Lipinski definition) is 1. The van der Waals surface area contributed by atoms with Crippen molar-refractivity contribution < 1.29 is 0 Å². The van der Waals surface area contributed by atoms with Gasteiger partial charge in [-0.3, -0.25) is 0 Å². The molecule has 0 radical (unpaired) electrons. The van der Waals surface area contributed by atoms with Crippen LogP contribution in [0.5, 0.6) is 0 Å². The molecule has 0 aliphatic carbocycles. The molecule has 1 aromatic carbocycles. The van der Waals surface area contributed by atoms with Crippen LogP contribution in [-0.2, 0) is 6.42 Å². The van der Waals surface area contributed by atoms with Crippen molar-refractivity contribution >= 4 is 10.9 Å². The van der Waals surface area contributed by atoms with Crippen molar-refractivity contribution in [2.24, 2.45) is 11.7 Å². The highest BCUT2D eigenvalue weighted by molar-refractivity contribution is 5.83. The first kappa shape index (κ1) is 15.1. The lowest BCUT2D eigenvalue weighted by Crippen LogP contribution is -2.22. The average molecular weight is 272 g/mol. The lowest BCUT2D eigenvalue weighted by atomic mass is 9.99. The van der Waals surface area contributed by atoms with Crippen LogP contribution in [0.25, 0.3) is 10.9 Å². The van der Waals surface area contributed by atoms with E-state index in [1.807, 2.05) is 0 Å². The number of aromatic amines is 1. The quantitative estimate of drug-likeness (QED) is 0.675. The maximum absolute atomic E-state index is 6.28. The van der Waals surface area contributed by atoms with Crippen molar-refractivity contribution in [1.29, 1.82) is 0 Å². The Morgan fingerprint density at radius 3 is 2.60 bits per heavy atom. The molecule has 0 saturated carbocycles. The second-order valence-electron chi connectivity index (χ2n) is 6.36. The van der Waals surface area contributed by atoms with E-state index in [2.05, 4.69) is 49.3 Å². The van der Waals surface area contributed by atoms with Crippen LogP contribution in [0.4, 0.5) is 0 Å². The third-order valence-corrected chi connectivity index (χ3v) is 4.01. The van der Waals surface area contributed by atoms with E-state index in [-0.39, 0.29) is 6.04 Å². The fraction of sp³-hybridized carbons (Fsp3) is 0.556. The van der Waals surface area contributed by atoms with E-state index in [1.165, 1.54) is 42.1 Å². The van der Waals surface area contributed by atoms with Crippen LogP contribution in [0.3, 0.4) is 0 Å². The Balaban J connectivity index is 1.75. The molecule has 0 bridgehead atoms. The summed E-state index contributed by atoms with van der Waals surface area (Å²) in [4.78, 5) is 3.33. The topological polar surface area (TPSA) is 41.8 Å². The summed E-state index contributed by atoms with van der Waals surface area (Å²) in [5.74, 6) is 0.829. The van der Waals surface area contributed by atoms with Gasteiger partial charge in [0, 0.05) is 23.1 Å². The SMILES string of the molecule is CC(C)CCCCCC(N)Cc1c[nH]c2ccccc12. The molecule has 1 aromatic heterocycles. The summed E-state index contributed by atoms with van der Waals surface area (Å²) in [6.45, 7) is 4.59. The second kappa shape index (κ2) is 7.49. The van der Waals surface area contributed by atoms with Crippen LogP contribution >= 0.6 is 0 Å². The highest BCUT2D eigenvalue weighted by Crippen LogP contribution is 2.20. The van der Waals surface area contributed by atoms with Gasteiger partial charge in [0.1, 0.15) is 0 Å². The molecule has 0 saturated heterocycles. The monoisotopic (exact) mass is 272 g/mol. The van der Waals surface area contributed by atoms with Gasteiger partial charge >= 0.3 is 0 Å². The average Bonchev–Trinajstić information content (AvgIpc) is 2.81. The maximum atomic E-state index is 6.28. The van der Waals surface area contributed by atoms with Crippen molar-refractivity contribution in [3.05, 3.63) is 36.0 Å². The fourth-order valence-corrected chi connectivity index (χ4v) is 2.82.